The maximum absolute atomic E-state index is 13.9. The van der Waals surface area contributed by atoms with Crippen LogP contribution in [0.1, 0.15) is 12.5 Å². The summed E-state index contributed by atoms with van der Waals surface area (Å²) in [7, 11) is 0. The predicted octanol–water partition coefficient (Wildman–Crippen LogP) is 5.39. The molecule has 0 fully saturated rings. The molecule has 0 saturated carbocycles. The molecule has 148 valence electrons. The summed E-state index contributed by atoms with van der Waals surface area (Å²) < 4.78 is 13.9. The molecule has 2 amide bonds. The van der Waals surface area contributed by atoms with Crippen LogP contribution in [0.15, 0.2) is 60.8 Å². The monoisotopic (exact) mass is 431 g/mol. The number of carbonyl (C=O) groups excluding carboxylic acids is 2. The largest absolute Gasteiger partial charge is 0.326 e. The highest BCUT2D eigenvalue weighted by molar-refractivity contribution is 6.31. The van der Waals surface area contributed by atoms with Crippen LogP contribution in [0.3, 0.4) is 0 Å². The average Bonchev–Trinajstić information content (AvgIpc) is 2.67. The number of aromatic nitrogens is 1. The second-order valence-corrected chi connectivity index (χ2v) is 6.99. The molecular formula is C21H16Cl2FN3O2. The number of carbonyl (C=O) groups is 2. The van der Waals surface area contributed by atoms with E-state index in [1.807, 2.05) is 0 Å². The fourth-order valence-electron chi connectivity index (χ4n) is 2.74. The van der Waals surface area contributed by atoms with Gasteiger partial charge in [0.25, 0.3) is 0 Å². The number of nitrogens with one attached hydrogen (secondary N) is 1. The van der Waals surface area contributed by atoms with Crippen molar-refractivity contribution in [1.82, 2.24) is 4.98 Å². The minimum atomic E-state index is -0.653. The number of amides is 2. The summed E-state index contributed by atoms with van der Waals surface area (Å²) >= 11 is 11.8. The molecule has 8 heteroatoms. The maximum Gasteiger partial charge on any atom is 0.229 e. The van der Waals surface area contributed by atoms with Crippen LogP contribution in [-0.4, -0.2) is 16.8 Å². The van der Waals surface area contributed by atoms with E-state index in [-0.39, 0.29) is 34.8 Å². The van der Waals surface area contributed by atoms with Gasteiger partial charge in [-0.3, -0.25) is 14.5 Å². The molecule has 0 aliphatic rings. The number of nitrogens with zero attached hydrogens (tertiary/aromatic N) is 2. The smallest absolute Gasteiger partial charge is 0.229 e. The average molecular weight is 432 g/mol. The van der Waals surface area contributed by atoms with Crippen molar-refractivity contribution in [3.05, 3.63) is 82.2 Å². The van der Waals surface area contributed by atoms with E-state index in [1.165, 1.54) is 36.2 Å². The molecule has 0 aliphatic heterocycles. The molecule has 0 aliphatic carbocycles. The molecule has 0 atom stereocenters. The van der Waals surface area contributed by atoms with Crippen molar-refractivity contribution in [2.45, 2.75) is 13.3 Å². The van der Waals surface area contributed by atoms with E-state index in [9.17, 15) is 14.0 Å². The number of hydrogen-bond acceptors (Lipinski definition) is 3. The lowest BCUT2D eigenvalue weighted by Gasteiger charge is -2.21. The van der Waals surface area contributed by atoms with Gasteiger partial charge in [0.15, 0.2) is 0 Å². The van der Waals surface area contributed by atoms with Crippen molar-refractivity contribution < 1.29 is 14.0 Å². The molecule has 0 bridgehead atoms. The highest BCUT2D eigenvalue weighted by Gasteiger charge is 2.18. The van der Waals surface area contributed by atoms with Gasteiger partial charge in [-0.2, -0.15) is 0 Å². The summed E-state index contributed by atoms with van der Waals surface area (Å²) in [5.74, 6) is -1.07. The van der Waals surface area contributed by atoms with Crippen LogP contribution in [0.4, 0.5) is 21.6 Å². The van der Waals surface area contributed by atoms with Crippen LogP contribution in [0.25, 0.3) is 0 Å². The Morgan fingerprint density at radius 2 is 1.83 bits per heavy atom. The second kappa shape index (κ2) is 9.03. The first-order chi connectivity index (χ1) is 13.8. The standard InChI is InChI=1S/C21H16Cl2FN3O2/c1-13(28)27(16-6-7-18(23)19(24)12-16)20-11-15(8-9-25-20)26-21(29)10-14-4-2-3-5-17(14)22/h2-9,11-12H,10H2,1H3,(H,25,26,29). The lowest BCUT2D eigenvalue weighted by atomic mass is 10.1. The fourth-order valence-corrected chi connectivity index (χ4v) is 3.06. The van der Waals surface area contributed by atoms with Crippen LogP contribution in [0, 0.1) is 5.82 Å². The number of hydrogen-bond donors (Lipinski definition) is 1. The molecule has 1 N–H and O–H groups in total. The zero-order chi connectivity index (χ0) is 21.0. The summed E-state index contributed by atoms with van der Waals surface area (Å²) in [4.78, 5) is 29.9. The summed E-state index contributed by atoms with van der Waals surface area (Å²) in [5, 5.41) is 3.21. The Balaban J connectivity index is 1.83. The predicted molar refractivity (Wildman–Crippen MR) is 112 cm³/mol. The molecule has 0 saturated heterocycles. The lowest BCUT2D eigenvalue weighted by molar-refractivity contribution is -0.116. The van der Waals surface area contributed by atoms with E-state index in [0.717, 1.165) is 6.07 Å². The molecule has 3 rings (SSSR count). The quantitative estimate of drug-likeness (QED) is 0.588. The molecule has 0 radical (unpaired) electrons. The second-order valence-electron chi connectivity index (χ2n) is 6.17. The van der Waals surface area contributed by atoms with Crippen molar-refractivity contribution in [2.24, 2.45) is 0 Å². The van der Waals surface area contributed by atoms with Crippen molar-refractivity contribution in [2.75, 3.05) is 10.2 Å². The molecule has 0 spiro atoms. The molecule has 5 nitrogen and oxygen atoms in total. The Morgan fingerprint density at radius 1 is 1.07 bits per heavy atom. The number of benzene rings is 2. The van der Waals surface area contributed by atoms with Crippen LogP contribution in [-0.2, 0) is 16.0 Å². The zero-order valence-electron chi connectivity index (χ0n) is 15.3. The normalized spacial score (nSPS) is 10.5. The van der Waals surface area contributed by atoms with Gasteiger partial charge in [-0.15, -0.1) is 0 Å². The minimum absolute atomic E-state index is 0.0502. The van der Waals surface area contributed by atoms with E-state index in [4.69, 9.17) is 23.2 Å². The van der Waals surface area contributed by atoms with Gasteiger partial charge in [-0.1, -0.05) is 41.4 Å². The van der Waals surface area contributed by atoms with Crippen molar-refractivity contribution in [3.63, 3.8) is 0 Å². The minimum Gasteiger partial charge on any atom is -0.326 e. The van der Waals surface area contributed by atoms with Gasteiger partial charge in [0.2, 0.25) is 11.8 Å². The summed E-state index contributed by atoms with van der Waals surface area (Å²) in [6.07, 6.45) is 1.54. The van der Waals surface area contributed by atoms with Gasteiger partial charge < -0.3 is 5.32 Å². The topological polar surface area (TPSA) is 62.3 Å². The lowest BCUT2D eigenvalue weighted by Crippen LogP contribution is -2.24. The highest BCUT2D eigenvalue weighted by Crippen LogP contribution is 2.29. The summed E-state index contributed by atoms with van der Waals surface area (Å²) in [5.41, 5.74) is 1.40. The van der Waals surface area contributed by atoms with Gasteiger partial charge in [-0.25, -0.2) is 9.37 Å². The molecular weight excluding hydrogens is 416 g/mol. The van der Waals surface area contributed by atoms with Gasteiger partial charge in [-0.05, 0) is 35.9 Å². The van der Waals surface area contributed by atoms with Crippen LogP contribution >= 0.6 is 23.2 Å². The van der Waals surface area contributed by atoms with Crippen LogP contribution < -0.4 is 10.2 Å². The first kappa shape index (κ1) is 20.8. The first-order valence-corrected chi connectivity index (χ1v) is 9.36. The first-order valence-electron chi connectivity index (χ1n) is 8.60. The fraction of sp³-hybridized carbons (Fsp3) is 0.0952. The summed E-state index contributed by atoms with van der Waals surface area (Å²) in [6, 6.07) is 14.2. The zero-order valence-corrected chi connectivity index (χ0v) is 16.8. The van der Waals surface area contributed by atoms with Crippen molar-refractivity contribution in [1.29, 1.82) is 0 Å². The van der Waals surface area contributed by atoms with E-state index >= 15 is 0 Å². The van der Waals surface area contributed by atoms with Crippen molar-refractivity contribution in [3.8, 4) is 0 Å². The number of pyridine rings is 1. The van der Waals surface area contributed by atoms with E-state index < -0.39 is 5.82 Å². The number of rotatable bonds is 5. The molecule has 29 heavy (non-hydrogen) atoms. The molecule has 0 unspecified atom stereocenters. The summed E-state index contributed by atoms with van der Waals surface area (Å²) in [6.45, 7) is 1.33. The third-order valence-corrected chi connectivity index (χ3v) is 4.72. The SMILES string of the molecule is CC(=O)N(c1ccc(Cl)c(F)c1)c1cc(NC(=O)Cc2ccccc2Cl)ccn1. The molecule has 2 aromatic carbocycles. The van der Waals surface area contributed by atoms with Crippen LogP contribution in [0.5, 0.6) is 0 Å². The van der Waals surface area contributed by atoms with Gasteiger partial charge in [0.1, 0.15) is 11.6 Å². The Kier molecular flexibility index (Phi) is 6.46. The van der Waals surface area contributed by atoms with Crippen LogP contribution in [0.2, 0.25) is 10.0 Å². The Labute approximate surface area is 177 Å². The molecule has 1 heterocycles. The van der Waals surface area contributed by atoms with E-state index in [0.29, 0.717) is 16.3 Å². The third kappa shape index (κ3) is 5.10. The maximum atomic E-state index is 13.9. The van der Waals surface area contributed by atoms with E-state index in [1.54, 1.807) is 30.3 Å². The molecule has 3 aromatic rings. The number of anilines is 3. The van der Waals surface area contributed by atoms with Gasteiger partial charge in [0, 0.05) is 29.9 Å². The Bertz CT molecular complexity index is 1080. The highest BCUT2D eigenvalue weighted by atomic mass is 35.5. The van der Waals surface area contributed by atoms with E-state index in [2.05, 4.69) is 10.3 Å². The Hall–Kier alpha value is -2.96. The molecule has 1 aromatic heterocycles. The third-order valence-electron chi connectivity index (χ3n) is 4.04. The van der Waals surface area contributed by atoms with Gasteiger partial charge >= 0.3 is 0 Å². The van der Waals surface area contributed by atoms with Crippen molar-refractivity contribution >= 4 is 52.2 Å². The van der Waals surface area contributed by atoms with Gasteiger partial charge in [0.05, 0.1) is 17.1 Å². The number of halogens is 3. The Morgan fingerprint density at radius 3 is 2.52 bits per heavy atom.